The van der Waals surface area contributed by atoms with Crippen LogP contribution in [-0.2, 0) is 11.2 Å². The van der Waals surface area contributed by atoms with Crippen molar-refractivity contribution in [3.8, 4) is 0 Å². The molecule has 0 atom stereocenters. The highest BCUT2D eigenvalue weighted by atomic mass is 35.5. The van der Waals surface area contributed by atoms with Crippen LogP contribution in [0.1, 0.15) is 18.7 Å². The Morgan fingerprint density at radius 3 is 2.70 bits per heavy atom. The van der Waals surface area contributed by atoms with E-state index in [1.165, 1.54) is 0 Å². The first-order valence-electron chi connectivity index (χ1n) is 6.18. The van der Waals surface area contributed by atoms with E-state index >= 15 is 0 Å². The van der Waals surface area contributed by atoms with E-state index in [0.717, 1.165) is 29.7 Å². The number of carbonyl (C=O) groups excluding carboxylic acids is 1. The van der Waals surface area contributed by atoms with Gasteiger partial charge in [0.05, 0.1) is 16.6 Å². The molecule has 0 radical (unpaired) electrons. The average molecular weight is 317 g/mol. The number of halogens is 2. The topological polar surface area (TPSA) is 83.8 Å². The molecule has 110 valence electrons. The third-order valence-corrected chi connectivity index (χ3v) is 3.33. The molecule has 2 aromatic rings. The molecule has 1 aliphatic rings. The molecule has 7 heteroatoms. The maximum atomic E-state index is 11.6. The normalized spacial score (nSPS) is 15.1. The van der Waals surface area contributed by atoms with Crippen molar-refractivity contribution in [2.45, 2.75) is 24.8 Å². The molecule has 4 N–H and O–H groups in total. The number of hydrogen-bond acceptors (Lipinski definition) is 3. The maximum Gasteiger partial charge on any atom is 0.240 e. The molecule has 1 aliphatic carbocycles. The van der Waals surface area contributed by atoms with E-state index in [0.29, 0.717) is 13.0 Å². The van der Waals surface area contributed by atoms with E-state index in [9.17, 15) is 4.79 Å². The second kappa shape index (κ2) is 6.43. The van der Waals surface area contributed by atoms with E-state index < -0.39 is 5.54 Å². The summed E-state index contributed by atoms with van der Waals surface area (Å²) in [6.45, 7) is 0.567. The third-order valence-electron chi connectivity index (χ3n) is 3.33. The second-order valence-electron chi connectivity index (χ2n) is 4.86. The maximum absolute atomic E-state index is 11.6. The number of fused-ring (bicyclic) bond motifs is 1. The number of aromatic amines is 1. The van der Waals surface area contributed by atoms with Gasteiger partial charge in [-0.3, -0.25) is 4.79 Å². The van der Waals surface area contributed by atoms with Gasteiger partial charge in [0.15, 0.2) is 0 Å². The Labute approximate surface area is 129 Å². The summed E-state index contributed by atoms with van der Waals surface area (Å²) in [6.07, 6.45) is 2.28. The number of benzene rings is 1. The summed E-state index contributed by atoms with van der Waals surface area (Å²) in [4.78, 5) is 19.3. The molecule has 0 unspecified atom stereocenters. The predicted molar refractivity (Wildman–Crippen MR) is 83.5 cm³/mol. The van der Waals surface area contributed by atoms with Gasteiger partial charge in [0.25, 0.3) is 0 Å². The zero-order valence-electron chi connectivity index (χ0n) is 10.9. The zero-order chi connectivity index (χ0) is 12.6. The average Bonchev–Trinajstić information content (AvgIpc) is 2.99. The van der Waals surface area contributed by atoms with Crippen molar-refractivity contribution >= 4 is 41.8 Å². The van der Waals surface area contributed by atoms with Crippen LogP contribution < -0.4 is 11.1 Å². The lowest BCUT2D eigenvalue weighted by Crippen LogP contribution is -2.43. The minimum atomic E-state index is -0.589. The Morgan fingerprint density at radius 2 is 2.05 bits per heavy atom. The molecule has 1 aromatic carbocycles. The smallest absolute Gasteiger partial charge is 0.240 e. The standard InChI is InChI=1S/C13H16N4O.2ClH/c14-13(6-7-13)12(18)15-8-5-11-16-9-3-1-2-4-10(9)17-11;;/h1-4H,5-8,14H2,(H,15,18)(H,16,17);2*1H. The summed E-state index contributed by atoms with van der Waals surface area (Å²) in [6, 6.07) is 7.88. The van der Waals surface area contributed by atoms with Gasteiger partial charge < -0.3 is 16.0 Å². The molecule has 5 nitrogen and oxygen atoms in total. The molecule has 0 spiro atoms. The van der Waals surface area contributed by atoms with Gasteiger partial charge >= 0.3 is 0 Å². The van der Waals surface area contributed by atoms with Gasteiger partial charge in [0, 0.05) is 13.0 Å². The van der Waals surface area contributed by atoms with Crippen molar-refractivity contribution < 1.29 is 4.79 Å². The van der Waals surface area contributed by atoms with Crippen LogP contribution >= 0.6 is 24.8 Å². The molecule has 0 saturated heterocycles. The SMILES string of the molecule is Cl.Cl.NC1(C(=O)NCCc2nc3ccccc3[nH]2)CC1. The number of imidazole rings is 1. The van der Waals surface area contributed by atoms with Gasteiger partial charge in [0.1, 0.15) is 5.82 Å². The highest BCUT2D eigenvalue weighted by molar-refractivity contribution is 5.89. The fourth-order valence-electron chi connectivity index (χ4n) is 1.96. The highest BCUT2D eigenvalue weighted by Crippen LogP contribution is 2.31. The van der Waals surface area contributed by atoms with Crippen LogP contribution in [0.5, 0.6) is 0 Å². The first-order chi connectivity index (χ1) is 8.67. The first kappa shape index (κ1) is 16.8. The zero-order valence-corrected chi connectivity index (χ0v) is 12.5. The summed E-state index contributed by atoms with van der Waals surface area (Å²) in [5.74, 6) is 0.844. The Kier molecular flexibility index (Phi) is 5.39. The molecular formula is C13H18Cl2N4O. The van der Waals surface area contributed by atoms with Crippen molar-refractivity contribution in [2.75, 3.05) is 6.54 Å². The lowest BCUT2D eigenvalue weighted by atomic mass is 10.2. The van der Waals surface area contributed by atoms with Gasteiger partial charge in [-0.25, -0.2) is 4.98 Å². The molecule has 1 aromatic heterocycles. The number of carbonyl (C=O) groups is 1. The van der Waals surface area contributed by atoms with E-state index in [4.69, 9.17) is 5.73 Å². The lowest BCUT2D eigenvalue weighted by molar-refractivity contribution is -0.123. The number of hydrogen-bond donors (Lipinski definition) is 3. The van der Waals surface area contributed by atoms with Crippen LogP contribution in [0.2, 0.25) is 0 Å². The number of amides is 1. The number of H-pyrrole nitrogens is 1. The number of aromatic nitrogens is 2. The van der Waals surface area contributed by atoms with Gasteiger partial charge in [0.2, 0.25) is 5.91 Å². The van der Waals surface area contributed by atoms with Crippen molar-refractivity contribution in [1.82, 2.24) is 15.3 Å². The molecule has 1 saturated carbocycles. The van der Waals surface area contributed by atoms with Gasteiger partial charge in [-0.15, -0.1) is 24.8 Å². The summed E-state index contributed by atoms with van der Waals surface area (Å²) in [5.41, 5.74) is 7.19. The number of nitrogens with two attached hydrogens (primary N) is 1. The van der Waals surface area contributed by atoms with Crippen LogP contribution in [0.15, 0.2) is 24.3 Å². The van der Waals surface area contributed by atoms with E-state index in [2.05, 4.69) is 15.3 Å². The monoisotopic (exact) mass is 316 g/mol. The van der Waals surface area contributed by atoms with Crippen molar-refractivity contribution in [1.29, 1.82) is 0 Å². The van der Waals surface area contributed by atoms with Gasteiger partial charge in [-0.1, -0.05) is 12.1 Å². The summed E-state index contributed by atoms with van der Waals surface area (Å²) in [5, 5.41) is 2.85. The summed E-state index contributed by atoms with van der Waals surface area (Å²) < 4.78 is 0. The van der Waals surface area contributed by atoms with Crippen LogP contribution in [0.4, 0.5) is 0 Å². The van der Waals surface area contributed by atoms with Crippen LogP contribution in [-0.4, -0.2) is 28.0 Å². The minimum Gasteiger partial charge on any atom is -0.354 e. The Hall–Kier alpha value is -1.30. The predicted octanol–water partition coefficient (Wildman–Crippen LogP) is 1.56. The van der Waals surface area contributed by atoms with E-state index in [1.54, 1.807) is 0 Å². The number of rotatable bonds is 4. The molecular weight excluding hydrogens is 299 g/mol. The largest absolute Gasteiger partial charge is 0.354 e. The molecule has 1 amide bonds. The number of para-hydroxylation sites is 2. The minimum absolute atomic E-state index is 0. The summed E-state index contributed by atoms with van der Waals surface area (Å²) in [7, 11) is 0. The molecule has 1 fully saturated rings. The first-order valence-corrected chi connectivity index (χ1v) is 6.18. The van der Waals surface area contributed by atoms with Crippen LogP contribution in [0.25, 0.3) is 11.0 Å². The van der Waals surface area contributed by atoms with Crippen LogP contribution in [0.3, 0.4) is 0 Å². The molecule has 3 rings (SSSR count). The third kappa shape index (κ3) is 3.42. The Bertz CT molecular complexity index is 562. The van der Waals surface area contributed by atoms with E-state index in [-0.39, 0.29) is 30.7 Å². The Morgan fingerprint density at radius 1 is 1.35 bits per heavy atom. The number of nitrogens with one attached hydrogen (secondary N) is 2. The van der Waals surface area contributed by atoms with Crippen molar-refractivity contribution in [3.05, 3.63) is 30.1 Å². The lowest BCUT2D eigenvalue weighted by Gasteiger charge is -2.08. The van der Waals surface area contributed by atoms with Crippen molar-refractivity contribution in [3.63, 3.8) is 0 Å². The summed E-state index contributed by atoms with van der Waals surface area (Å²) >= 11 is 0. The second-order valence-corrected chi connectivity index (χ2v) is 4.86. The number of nitrogens with zero attached hydrogens (tertiary/aromatic N) is 1. The molecule has 20 heavy (non-hydrogen) atoms. The fourth-order valence-corrected chi connectivity index (χ4v) is 1.96. The van der Waals surface area contributed by atoms with Gasteiger partial charge in [-0.2, -0.15) is 0 Å². The van der Waals surface area contributed by atoms with Crippen molar-refractivity contribution in [2.24, 2.45) is 5.73 Å². The van der Waals surface area contributed by atoms with E-state index in [1.807, 2.05) is 24.3 Å². The molecule has 1 heterocycles. The Balaban J connectivity index is 0.000001000. The quantitative estimate of drug-likeness (QED) is 0.800. The molecule has 0 bridgehead atoms. The van der Waals surface area contributed by atoms with Crippen LogP contribution in [0, 0.1) is 0 Å². The molecule has 0 aliphatic heterocycles. The van der Waals surface area contributed by atoms with Gasteiger partial charge in [-0.05, 0) is 25.0 Å². The fraction of sp³-hybridized carbons (Fsp3) is 0.385. The highest BCUT2D eigenvalue weighted by Gasteiger charge is 2.45.